The first-order chi connectivity index (χ1) is 9.93. The monoisotopic (exact) mass is 407 g/mol. The fourth-order valence-corrected chi connectivity index (χ4v) is 7.27. The summed E-state index contributed by atoms with van der Waals surface area (Å²) in [6, 6.07) is 2.19. The number of fused-ring (bicyclic) bond motifs is 1. The number of rotatable bonds is 3. The normalized spacial score (nSPS) is 19.4. The summed E-state index contributed by atoms with van der Waals surface area (Å²) < 4.78 is 27.2. The summed E-state index contributed by atoms with van der Waals surface area (Å²) in [5.41, 5.74) is 0.579. The molecule has 21 heavy (non-hydrogen) atoms. The molecule has 0 saturated heterocycles. The molecule has 3 heterocycles. The van der Waals surface area contributed by atoms with Crippen LogP contribution >= 0.6 is 38.6 Å². The quantitative estimate of drug-likeness (QED) is 0.848. The molecule has 112 valence electrons. The number of aliphatic carboxylic acids is 1. The molecule has 0 radical (unpaired) electrons. The number of carboxylic acid groups (broad SMARTS) is 1. The Hall–Kier alpha value is -0.740. The van der Waals surface area contributed by atoms with Gasteiger partial charge in [-0.15, -0.1) is 22.7 Å². The van der Waals surface area contributed by atoms with Gasteiger partial charge in [0.25, 0.3) is 10.0 Å². The van der Waals surface area contributed by atoms with Crippen LogP contribution < -0.4 is 0 Å². The number of sulfonamides is 1. The Kier molecular flexibility index (Phi) is 3.95. The topological polar surface area (TPSA) is 74.7 Å². The number of halogens is 1. The lowest BCUT2D eigenvalue weighted by Gasteiger charge is -2.31. The lowest BCUT2D eigenvalue weighted by Crippen LogP contribution is -2.42. The lowest BCUT2D eigenvalue weighted by atomic mass is 10.0. The third kappa shape index (κ3) is 2.46. The second-order valence-corrected chi connectivity index (χ2v) is 9.32. The first-order valence-corrected chi connectivity index (χ1v) is 9.96. The highest BCUT2D eigenvalue weighted by molar-refractivity contribution is 9.10. The van der Waals surface area contributed by atoms with Crippen molar-refractivity contribution in [2.24, 2.45) is 0 Å². The van der Waals surface area contributed by atoms with Crippen molar-refractivity contribution in [1.29, 1.82) is 0 Å². The summed E-state index contributed by atoms with van der Waals surface area (Å²) in [7, 11) is -3.84. The average molecular weight is 408 g/mol. The molecule has 1 unspecified atom stereocenters. The molecular weight excluding hydrogens is 398 g/mol. The van der Waals surface area contributed by atoms with E-state index in [1.54, 1.807) is 22.9 Å². The largest absolute Gasteiger partial charge is 0.480 e. The highest BCUT2D eigenvalue weighted by Gasteiger charge is 2.42. The number of hydrogen-bond acceptors (Lipinski definition) is 5. The van der Waals surface area contributed by atoms with Gasteiger partial charge >= 0.3 is 5.97 Å². The Labute approximate surface area is 138 Å². The Balaban J connectivity index is 2.10. The summed E-state index contributed by atoms with van der Waals surface area (Å²) in [4.78, 5) is 12.6. The van der Waals surface area contributed by atoms with Gasteiger partial charge in [-0.1, -0.05) is 0 Å². The van der Waals surface area contributed by atoms with E-state index >= 15 is 0 Å². The van der Waals surface area contributed by atoms with Crippen molar-refractivity contribution in [3.8, 4) is 0 Å². The van der Waals surface area contributed by atoms with Crippen LogP contribution in [0.1, 0.15) is 16.5 Å². The predicted molar refractivity (Wildman–Crippen MR) is 84.3 cm³/mol. The minimum atomic E-state index is -3.84. The molecule has 0 aliphatic carbocycles. The second-order valence-electron chi connectivity index (χ2n) is 4.46. The third-order valence-corrected chi connectivity index (χ3v) is 8.79. The molecule has 1 N–H and O–H groups in total. The zero-order valence-electron chi connectivity index (χ0n) is 10.5. The van der Waals surface area contributed by atoms with E-state index in [1.807, 2.05) is 0 Å². The molecule has 2 aromatic rings. The van der Waals surface area contributed by atoms with Crippen molar-refractivity contribution in [2.75, 3.05) is 6.54 Å². The summed E-state index contributed by atoms with van der Waals surface area (Å²) >= 11 is 5.76. The van der Waals surface area contributed by atoms with E-state index in [4.69, 9.17) is 0 Å². The number of carbonyl (C=O) groups is 1. The number of nitrogens with zero attached hydrogens (tertiary/aromatic N) is 1. The van der Waals surface area contributed by atoms with Crippen LogP contribution in [0.4, 0.5) is 0 Å². The van der Waals surface area contributed by atoms with Crippen LogP contribution in [-0.4, -0.2) is 30.3 Å². The van der Waals surface area contributed by atoms with Crippen LogP contribution in [0.15, 0.2) is 31.6 Å². The zero-order valence-corrected chi connectivity index (χ0v) is 14.6. The van der Waals surface area contributed by atoms with E-state index in [1.165, 1.54) is 11.3 Å². The van der Waals surface area contributed by atoms with Gasteiger partial charge in [-0.3, -0.25) is 4.79 Å². The zero-order chi connectivity index (χ0) is 15.2. The number of hydrogen-bond donors (Lipinski definition) is 1. The molecule has 1 atom stereocenters. The molecule has 0 fully saturated rings. The fraction of sp³-hybridized carbons (Fsp3) is 0.250. The van der Waals surface area contributed by atoms with Gasteiger partial charge in [0.2, 0.25) is 0 Å². The maximum atomic E-state index is 12.8. The standard InChI is InChI=1S/C12H10BrNO4S3/c13-8-3-6-20-12(8)21(17,18)14-4-1-9-7(2-5-19-9)10(14)11(15)16/h2-3,5-6,10H,1,4H2,(H,15,16). The first kappa shape index (κ1) is 15.2. The molecule has 0 spiro atoms. The SMILES string of the molecule is O=C(O)C1c2ccsc2CCN1S(=O)(=O)c1sccc1Br. The van der Waals surface area contributed by atoms with E-state index in [9.17, 15) is 18.3 Å². The molecule has 3 rings (SSSR count). The van der Waals surface area contributed by atoms with E-state index < -0.39 is 22.0 Å². The van der Waals surface area contributed by atoms with Gasteiger partial charge in [-0.2, -0.15) is 4.31 Å². The number of carboxylic acids is 1. The molecule has 1 aliphatic heterocycles. The first-order valence-electron chi connectivity index (χ1n) is 5.97. The molecule has 9 heteroatoms. The van der Waals surface area contributed by atoms with Crippen molar-refractivity contribution in [3.05, 3.63) is 37.8 Å². The van der Waals surface area contributed by atoms with E-state index in [0.717, 1.165) is 20.5 Å². The summed E-state index contributed by atoms with van der Waals surface area (Å²) in [5, 5.41) is 13.0. The van der Waals surface area contributed by atoms with Gasteiger partial charge in [0.05, 0.1) is 0 Å². The van der Waals surface area contributed by atoms with Crippen LogP contribution in [0.2, 0.25) is 0 Å². The minimum absolute atomic E-state index is 0.146. The summed E-state index contributed by atoms with van der Waals surface area (Å²) in [6.45, 7) is 0.178. The molecule has 2 aromatic heterocycles. The minimum Gasteiger partial charge on any atom is -0.480 e. The van der Waals surface area contributed by atoms with Crippen LogP contribution in [0.5, 0.6) is 0 Å². The van der Waals surface area contributed by atoms with Gasteiger partial charge in [-0.05, 0) is 50.8 Å². The third-order valence-electron chi connectivity index (χ3n) is 3.28. The van der Waals surface area contributed by atoms with Crippen molar-refractivity contribution in [2.45, 2.75) is 16.7 Å². The van der Waals surface area contributed by atoms with E-state index in [2.05, 4.69) is 15.9 Å². The van der Waals surface area contributed by atoms with Gasteiger partial charge < -0.3 is 5.11 Å². The van der Waals surface area contributed by atoms with Gasteiger partial charge in [0.15, 0.2) is 0 Å². The predicted octanol–water partition coefficient (Wildman–Crippen LogP) is 2.94. The highest BCUT2D eigenvalue weighted by Crippen LogP contribution is 2.39. The molecule has 1 aliphatic rings. The van der Waals surface area contributed by atoms with E-state index in [0.29, 0.717) is 16.5 Å². The maximum absolute atomic E-state index is 12.8. The van der Waals surface area contributed by atoms with Gasteiger partial charge in [-0.25, -0.2) is 8.42 Å². The molecule has 0 saturated carbocycles. The molecule has 0 aromatic carbocycles. The van der Waals surface area contributed by atoms with Crippen molar-refractivity contribution in [3.63, 3.8) is 0 Å². The number of thiophene rings is 2. The average Bonchev–Trinajstić information content (AvgIpc) is 3.05. The van der Waals surface area contributed by atoms with Gasteiger partial charge in [0.1, 0.15) is 10.3 Å². The Morgan fingerprint density at radius 1 is 1.33 bits per heavy atom. The fourth-order valence-electron chi connectivity index (χ4n) is 2.38. The van der Waals surface area contributed by atoms with Crippen molar-refractivity contribution >= 4 is 54.6 Å². The van der Waals surface area contributed by atoms with Crippen LogP contribution in [0, 0.1) is 0 Å². The Morgan fingerprint density at radius 3 is 2.67 bits per heavy atom. The van der Waals surface area contributed by atoms with Gasteiger partial charge in [0, 0.05) is 15.9 Å². The summed E-state index contributed by atoms with van der Waals surface area (Å²) in [5.74, 6) is -1.15. The highest BCUT2D eigenvalue weighted by atomic mass is 79.9. The molecular formula is C12H10BrNO4S3. The Morgan fingerprint density at radius 2 is 2.05 bits per heavy atom. The van der Waals surface area contributed by atoms with Crippen LogP contribution in [0.25, 0.3) is 0 Å². The molecule has 5 nitrogen and oxygen atoms in total. The smallest absolute Gasteiger partial charge is 0.326 e. The molecule has 0 bridgehead atoms. The van der Waals surface area contributed by atoms with Crippen LogP contribution in [0.3, 0.4) is 0 Å². The lowest BCUT2D eigenvalue weighted by molar-refractivity contribution is -0.142. The van der Waals surface area contributed by atoms with Crippen molar-refractivity contribution in [1.82, 2.24) is 4.31 Å². The molecule has 0 amide bonds. The van der Waals surface area contributed by atoms with E-state index in [-0.39, 0.29) is 10.8 Å². The Bertz CT molecular complexity index is 795. The maximum Gasteiger partial charge on any atom is 0.326 e. The summed E-state index contributed by atoms with van der Waals surface area (Å²) in [6.07, 6.45) is 0.541. The van der Waals surface area contributed by atoms with Crippen molar-refractivity contribution < 1.29 is 18.3 Å². The second kappa shape index (κ2) is 5.47. The van der Waals surface area contributed by atoms with Crippen LogP contribution in [-0.2, 0) is 21.2 Å².